The highest BCUT2D eigenvalue weighted by Gasteiger charge is 2.15. The van der Waals surface area contributed by atoms with Crippen molar-refractivity contribution in [2.24, 2.45) is 0 Å². The van der Waals surface area contributed by atoms with Crippen molar-refractivity contribution in [3.05, 3.63) is 28.7 Å². The van der Waals surface area contributed by atoms with Crippen molar-refractivity contribution in [1.82, 2.24) is 0 Å². The number of carbonyl (C=O) groups is 2. The Morgan fingerprint density at radius 2 is 2.24 bits per heavy atom. The van der Waals surface area contributed by atoms with Crippen LogP contribution in [0.15, 0.2) is 18.2 Å². The predicted octanol–water partition coefficient (Wildman–Crippen LogP) is 2.75. The molecule has 1 N–H and O–H groups in total. The number of hydrogen-bond donors (Lipinski definition) is 1. The van der Waals surface area contributed by atoms with Gasteiger partial charge in [-0.3, -0.25) is 4.79 Å². The molecule has 0 aliphatic carbocycles. The average Bonchev–Trinajstić information content (AvgIpc) is 2.60. The first kappa shape index (κ1) is 13.4. The van der Waals surface area contributed by atoms with E-state index in [1.807, 2.05) is 6.92 Å². The quantitative estimate of drug-likeness (QED) is 0.663. The van der Waals surface area contributed by atoms with E-state index in [0.717, 1.165) is 5.56 Å². The van der Waals surface area contributed by atoms with Crippen molar-refractivity contribution in [3.8, 4) is 0 Å². The van der Waals surface area contributed by atoms with Crippen LogP contribution in [0.4, 0.5) is 5.00 Å². The number of allylic oxidation sites excluding steroid dienone is 1. The Labute approximate surface area is 104 Å². The molecule has 0 bridgehead atoms. The van der Waals surface area contributed by atoms with Gasteiger partial charge in [-0.1, -0.05) is 6.08 Å². The molecule has 0 spiro atoms. The van der Waals surface area contributed by atoms with Gasteiger partial charge < -0.3 is 10.1 Å². The Balaban J connectivity index is 2.81. The monoisotopic (exact) mass is 253 g/mol. The lowest BCUT2D eigenvalue weighted by Crippen LogP contribution is -2.06. The van der Waals surface area contributed by atoms with Crippen molar-refractivity contribution >= 4 is 28.2 Å². The summed E-state index contributed by atoms with van der Waals surface area (Å²) in [6.45, 7) is 5.68. The van der Waals surface area contributed by atoms with Gasteiger partial charge in [-0.05, 0) is 38.5 Å². The highest BCUT2D eigenvalue weighted by atomic mass is 32.1. The summed E-state index contributed by atoms with van der Waals surface area (Å²) in [4.78, 5) is 23.4. The van der Waals surface area contributed by atoms with Crippen LogP contribution in [0.1, 0.15) is 29.1 Å². The molecule has 0 unspecified atom stereocenters. The molecule has 0 saturated heterocycles. The topological polar surface area (TPSA) is 55.4 Å². The van der Waals surface area contributed by atoms with Crippen LogP contribution in [-0.2, 0) is 9.53 Å². The third-order valence-electron chi connectivity index (χ3n) is 1.94. The lowest BCUT2D eigenvalue weighted by Gasteiger charge is -1.99. The Bertz CT molecular complexity index is 449. The molecule has 0 atom stereocenters. The van der Waals surface area contributed by atoms with E-state index < -0.39 is 0 Å². The second-order valence-electron chi connectivity index (χ2n) is 3.33. The maximum absolute atomic E-state index is 11.6. The third kappa shape index (κ3) is 3.71. The number of thiophene rings is 1. The number of rotatable bonds is 4. The van der Waals surface area contributed by atoms with Gasteiger partial charge in [0.1, 0.15) is 4.88 Å². The van der Waals surface area contributed by atoms with Crippen molar-refractivity contribution in [2.75, 3.05) is 11.9 Å². The minimum atomic E-state index is -0.346. The molecule has 1 aromatic rings. The van der Waals surface area contributed by atoms with Crippen LogP contribution in [-0.4, -0.2) is 18.5 Å². The van der Waals surface area contributed by atoms with Crippen LogP contribution in [0.2, 0.25) is 0 Å². The van der Waals surface area contributed by atoms with Gasteiger partial charge in [0.15, 0.2) is 0 Å². The highest BCUT2D eigenvalue weighted by molar-refractivity contribution is 7.18. The molecule has 0 aliphatic heterocycles. The number of esters is 1. The first-order valence-corrected chi connectivity index (χ1v) is 6.11. The minimum absolute atomic E-state index is 0.204. The van der Waals surface area contributed by atoms with Crippen molar-refractivity contribution in [2.45, 2.75) is 20.8 Å². The molecule has 0 radical (unpaired) electrons. The lowest BCUT2D eigenvalue weighted by molar-refractivity contribution is -0.111. The fourth-order valence-electron chi connectivity index (χ4n) is 1.26. The molecule has 1 heterocycles. The zero-order valence-corrected chi connectivity index (χ0v) is 10.9. The van der Waals surface area contributed by atoms with Crippen LogP contribution < -0.4 is 5.32 Å². The first-order valence-electron chi connectivity index (χ1n) is 5.29. The van der Waals surface area contributed by atoms with Gasteiger partial charge in [-0.2, -0.15) is 0 Å². The molecule has 1 rings (SSSR count). The van der Waals surface area contributed by atoms with Crippen LogP contribution in [0.3, 0.4) is 0 Å². The summed E-state index contributed by atoms with van der Waals surface area (Å²) in [5, 5.41) is 3.33. The summed E-state index contributed by atoms with van der Waals surface area (Å²) in [6, 6.07) is 1.76. The van der Waals surface area contributed by atoms with Crippen LogP contribution >= 0.6 is 11.3 Å². The summed E-state index contributed by atoms with van der Waals surface area (Å²) in [6.07, 6.45) is 3.08. The Kier molecular flexibility index (Phi) is 4.90. The Hall–Kier alpha value is -1.62. The number of anilines is 1. The zero-order chi connectivity index (χ0) is 12.8. The first-order chi connectivity index (χ1) is 8.08. The smallest absolute Gasteiger partial charge is 0.348 e. The fourth-order valence-corrected chi connectivity index (χ4v) is 2.23. The van der Waals surface area contributed by atoms with Gasteiger partial charge >= 0.3 is 5.97 Å². The van der Waals surface area contributed by atoms with E-state index in [-0.39, 0.29) is 11.9 Å². The van der Waals surface area contributed by atoms with Gasteiger partial charge in [0, 0.05) is 0 Å². The van der Waals surface area contributed by atoms with Crippen molar-refractivity contribution in [1.29, 1.82) is 0 Å². The molecule has 4 nitrogen and oxygen atoms in total. The SMILES string of the molecule is C/C=C/C(=O)Nc1cc(C)c(C(=O)OCC)s1. The molecule has 0 saturated carbocycles. The normalized spacial score (nSPS) is 10.5. The summed E-state index contributed by atoms with van der Waals surface area (Å²) in [7, 11) is 0. The van der Waals surface area contributed by atoms with E-state index in [9.17, 15) is 9.59 Å². The molecule has 92 valence electrons. The van der Waals surface area contributed by atoms with Gasteiger partial charge in [-0.15, -0.1) is 11.3 Å². The largest absolute Gasteiger partial charge is 0.462 e. The lowest BCUT2D eigenvalue weighted by atomic mass is 10.3. The molecular formula is C12H15NO3S. The maximum atomic E-state index is 11.6. The van der Waals surface area contributed by atoms with E-state index in [1.165, 1.54) is 17.4 Å². The summed E-state index contributed by atoms with van der Waals surface area (Å²) >= 11 is 1.22. The maximum Gasteiger partial charge on any atom is 0.348 e. The van der Waals surface area contributed by atoms with Crippen molar-refractivity contribution < 1.29 is 14.3 Å². The minimum Gasteiger partial charge on any atom is -0.462 e. The second-order valence-corrected chi connectivity index (χ2v) is 4.38. The van der Waals surface area contributed by atoms with Crippen LogP contribution in [0, 0.1) is 6.92 Å². The van der Waals surface area contributed by atoms with Gasteiger partial charge in [0.25, 0.3) is 0 Å². The van der Waals surface area contributed by atoms with Crippen LogP contribution in [0.5, 0.6) is 0 Å². The molecule has 0 fully saturated rings. The Morgan fingerprint density at radius 3 is 2.82 bits per heavy atom. The Morgan fingerprint density at radius 1 is 1.53 bits per heavy atom. The molecule has 1 amide bonds. The zero-order valence-electron chi connectivity index (χ0n) is 10.1. The molecule has 17 heavy (non-hydrogen) atoms. The number of ether oxygens (including phenoxy) is 1. The van der Waals surface area contributed by atoms with E-state index in [0.29, 0.717) is 16.5 Å². The summed E-state index contributed by atoms with van der Waals surface area (Å²) < 4.78 is 4.92. The molecule has 1 aromatic heterocycles. The number of carbonyl (C=O) groups excluding carboxylic acids is 2. The van der Waals surface area contributed by atoms with Gasteiger partial charge in [0.05, 0.1) is 11.6 Å². The molecule has 5 heteroatoms. The third-order valence-corrected chi connectivity index (χ3v) is 3.08. The number of aryl methyl sites for hydroxylation is 1. The average molecular weight is 253 g/mol. The van der Waals surface area contributed by atoms with Gasteiger partial charge in [0.2, 0.25) is 5.91 Å². The van der Waals surface area contributed by atoms with E-state index in [1.54, 1.807) is 26.0 Å². The number of hydrogen-bond acceptors (Lipinski definition) is 4. The molecular weight excluding hydrogens is 238 g/mol. The number of amides is 1. The second kappa shape index (κ2) is 6.20. The molecule has 0 aromatic carbocycles. The standard InChI is InChI=1S/C12H15NO3S/c1-4-6-9(14)13-10-7-8(3)11(17-10)12(15)16-5-2/h4,6-7H,5H2,1-3H3,(H,13,14)/b6-4+. The van der Waals surface area contributed by atoms with Crippen molar-refractivity contribution in [3.63, 3.8) is 0 Å². The predicted molar refractivity (Wildman–Crippen MR) is 68.5 cm³/mol. The van der Waals surface area contributed by atoms with Crippen LogP contribution in [0.25, 0.3) is 0 Å². The molecule has 0 aliphatic rings. The summed E-state index contributed by atoms with van der Waals surface area (Å²) in [5.41, 5.74) is 0.809. The van der Waals surface area contributed by atoms with E-state index in [2.05, 4.69) is 5.32 Å². The van der Waals surface area contributed by atoms with E-state index in [4.69, 9.17) is 4.74 Å². The highest BCUT2D eigenvalue weighted by Crippen LogP contribution is 2.27. The van der Waals surface area contributed by atoms with E-state index >= 15 is 0 Å². The fraction of sp³-hybridized carbons (Fsp3) is 0.333. The summed E-state index contributed by atoms with van der Waals surface area (Å²) in [5.74, 6) is -0.550. The number of nitrogens with one attached hydrogen (secondary N) is 1. The van der Waals surface area contributed by atoms with Gasteiger partial charge in [-0.25, -0.2) is 4.79 Å².